The van der Waals surface area contributed by atoms with Crippen molar-refractivity contribution in [1.82, 2.24) is 15.5 Å². The molecule has 0 radical (unpaired) electrons. The molecule has 7 nitrogen and oxygen atoms in total. The standard InChI is InChI=1S/C21H25F2N5O2S/c1-2-9-24-21(30)14-4-3-10-28(12-14)18-7-8-20(27-26-18)31-13-19(29)25-17-6-5-15(22)11-16(17)23/h5-8,11,14H,2-4,9-10,12-13H2,1H3,(H,24,30)(H,25,29)/t14-/m0/s1. The Morgan fingerprint density at radius 2 is 2.06 bits per heavy atom. The van der Waals surface area contributed by atoms with Gasteiger partial charge in [-0.1, -0.05) is 18.7 Å². The van der Waals surface area contributed by atoms with E-state index in [-0.39, 0.29) is 23.3 Å². The third-order valence-corrected chi connectivity index (χ3v) is 5.77. The summed E-state index contributed by atoms with van der Waals surface area (Å²) in [6.07, 6.45) is 2.67. The Morgan fingerprint density at radius 1 is 1.23 bits per heavy atom. The van der Waals surface area contributed by atoms with Gasteiger partial charge in [0.25, 0.3) is 0 Å². The summed E-state index contributed by atoms with van der Waals surface area (Å²) in [7, 11) is 0. The Bertz CT molecular complexity index is 913. The van der Waals surface area contributed by atoms with Crippen LogP contribution in [0.3, 0.4) is 0 Å². The quantitative estimate of drug-likeness (QED) is 0.602. The minimum atomic E-state index is -0.828. The number of rotatable bonds is 8. The van der Waals surface area contributed by atoms with Crippen molar-refractivity contribution in [3.8, 4) is 0 Å². The monoisotopic (exact) mass is 449 g/mol. The second-order valence-corrected chi connectivity index (χ2v) is 8.26. The van der Waals surface area contributed by atoms with E-state index in [1.54, 1.807) is 6.07 Å². The number of carbonyl (C=O) groups is 2. The van der Waals surface area contributed by atoms with Crippen LogP contribution in [0.4, 0.5) is 20.3 Å². The molecule has 0 aliphatic carbocycles. The van der Waals surface area contributed by atoms with E-state index in [1.807, 2.05) is 17.9 Å². The minimum Gasteiger partial charge on any atom is -0.356 e. The summed E-state index contributed by atoms with van der Waals surface area (Å²) >= 11 is 1.16. The lowest BCUT2D eigenvalue weighted by atomic mass is 9.97. The molecule has 31 heavy (non-hydrogen) atoms. The molecule has 166 valence electrons. The largest absolute Gasteiger partial charge is 0.356 e. The summed E-state index contributed by atoms with van der Waals surface area (Å²) in [6.45, 7) is 4.11. The third kappa shape index (κ3) is 6.61. The van der Waals surface area contributed by atoms with E-state index in [9.17, 15) is 18.4 Å². The highest BCUT2D eigenvalue weighted by molar-refractivity contribution is 7.99. The van der Waals surface area contributed by atoms with Gasteiger partial charge in [0, 0.05) is 25.7 Å². The number of thioether (sulfide) groups is 1. The van der Waals surface area contributed by atoms with E-state index in [4.69, 9.17) is 0 Å². The Labute approximate surface area is 184 Å². The van der Waals surface area contributed by atoms with Gasteiger partial charge in [-0.15, -0.1) is 10.2 Å². The summed E-state index contributed by atoms with van der Waals surface area (Å²) in [5.74, 6) is -1.25. The fourth-order valence-corrected chi connectivity index (χ4v) is 3.88. The zero-order valence-electron chi connectivity index (χ0n) is 17.2. The normalized spacial score (nSPS) is 16.1. The molecule has 1 atom stereocenters. The van der Waals surface area contributed by atoms with Gasteiger partial charge >= 0.3 is 0 Å². The first kappa shape index (κ1) is 22.9. The number of aromatic nitrogens is 2. The smallest absolute Gasteiger partial charge is 0.234 e. The Morgan fingerprint density at radius 3 is 2.77 bits per heavy atom. The van der Waals surface area contributed by atoms with Crippen molar-refractivity contribution in [3.05, 3.63) is 42.0 Å². The summed E-state index contributed by atoms with van der Waals surface area (Å²) in [6, 6.07) is 6.55. The fourth-order valence-electron chi connectivity index (χ4n) is 3.27. The maximum Gasteiger partial charge on any atom is 0.234 e. The van der Waals surface area contributed by atoms with E-state index in [0.717, 1.165) is 43.6 Å². The van der Waals surface area contributed by atoms with Gasteiger partial charge in [0.2, 0.25) is 11.8 Å². The van der Waals surface area contributed by atoms with Crippen LogP contribution in [0.15, 0.2) is 35.4 Å². The first-order chi connectivity index (χ1) is 15.0. The van der Waals surface area contributed by atoms with E-state index in [1.165, 1.54) is 6.07 Å². The van der Waals surface area contributed by atoms with E-state index < -0.39 is 17.5 Å². The maximum absolute atomic E-state index is 13.6. The molecule has 2 N–H and O–H groups in total. The minimum absolute atomic E-state index is 0.00817. The lowest BCUT2D eigenvalue weighted by Crippen LogP contribution is -2.43. The average molecular weight is 450 g/mol. The topological polar surface area (TPSA) is 87.2 Å². The average Bonchev–Trinajstić information content (AvgIpc) is 2.78. The van der Waals surface area contributed by atoms with Gasteiger partial charge in [-0.3, -0.25) is 9.59 Å². The molecule has 0 saturated carbocycles. The Kier molecular flexibility index (Phi) is 8.16. The number of carbonyl (C=O) groups excluding carboxylic acids is 2. The first-order valence-electron chi connectivity index (χ1n) is 10.2. The number of hydrogen-bond acceptors (Lipinski definition) is 6. The van der Waals surface area contributed by atoms with E-state index >= 15 is 0 Å². The molecule has 1 aromatic heterocycles. The zero-order valence-corrected chi connectivity index (χ0v) is 18.1. The molecule has 0 unspecified atom stereocenters. The summed E-state index contributed by atoms with van der Waals surface area (Å²) in [4.78, 5) is 26.3. The second-order valence-electron chi connectivity index (χ2n) is 7.27. The Balaban J connectivity index is 1.50. The van der Waals surface area contributed by atoms with Crippen LogP contribution in [0.2, 0.25) is 0 Å². The molecule has 1 aromatic carbocycles. The summed E-state index contributed by atoms with van der Waals surface area (Å²) < 4.78 is 26.6. The molecular weight excluding hydrogens is 424 g/mol. The molecule has 1 fully saturated rings. The van der Waals surface area contributed by atoms with Crippen LogP contribution < -0.4 is 15.5 Å². The van der Waals surface area contributed by atoms with E-state index in [0.29, 0.717) is 30.0 Å². The lowest BCUT2D eigenvalue weighted by Gasteiger charge is -2.32. The summed E-state index contributed by atoms with van der Waals surface area (Å²) in [5, 5.41) is 14.3. The molecule has 0 spiro atoms. The van der Waals surface area contributed by atoms with Crippen LogP contribution in [0, 0.1) is 17.6 Å². The van der Waals surface area contributed by atoms with Crippen molar-refractivity contribution in [2.24, 2.45) is 5.92 Å². The molecule has 10 heteroatoms. The van der Waals surface area contributed by atoms with Crippen LogP contribution in [0.25, 0.3) is 0 Å². The van der Waals surface area contributed by atoms with Gasteiger partial charge in [-0.2, -0.15) is 0 Å². The van der Waals surface area contributed by atoms with Gasteiger partial charge in [-0.05, 0) is 43.5 Å². The van der Waals surface area contributed by atoms with Crippen molar-refractivity contribution in [1.29, 1.82) is 0 Å². The molecule has 1 aliphatic rings. The van der Waals surface area contributed by atoms with Crippen molar-refractivity contribution in [2.45, 2.75) is 31.2 Å². The van der Waals surface area contributed by atoms with E-state index in [2.05, 4.69) is 20.8 Å². The zero-order chi connectivity index (χ0) is 22.2. The van der Waals surface area contributed by atoms with Gasteiger partial charge in [-0.25, -0.2) is 8.78 Å². The molecule has 1 saturated heterocycles. The van der Waals surface area contributed by atoms with Gasteiger partial charge in [0.1, 0.15) is 16.7 Å². The molecule has 2 heterocycles. The van der Waals surface area contributed by atoms with Crippen molar-refractivity contribution in [2.75, 3.05) is 35.6 Å². The number of anilines is 2. The highest BCUT2D eigenvalue weighted by Gasteiger charge is 2.26. The van der Waals surface area contributed by atoms with Crippen LogP contribution >= 0.6 is 11.8 Å². The van der Waals surface area contributed by atoms with Crippen LogP contribution in [0.5, 0.6) is 0 Å². The lowest BCUT2D eigenvalue weighted by molar-refractivity contribution is -0.125. The van der Waals surface area contributed by atoms with Gasteiger partial charge in [0.15, 0.2) is 5.82 Å². The van der Waals surface area contributed by atoms with Crippen LogP contribution in [-0.2, 0) is 9.59 Å². The van der Waals surface area contributed by atoms with Crippen LogP contribution in [-0.4, -0.2) is 47.4 Å². The van der Waals surface area contributed by atoms with Crippen molar-refractivity contribution < 1.29 is 18.4 Å². The van der Waals surface area contributed by atoms with Crippen molar-refractivity contribution in [3.63, 3.8) is 0 Å². The first-order valence-corrected chi connectivity index (χ1v) is 11.2. The SMILES string of the molecule is CCCNC(=O)[C@H]1CCCN(c2ccc(SCC(=O)Nc3ccc(F)cc3F)nn2)C1. The number of piperidine rings is 1. The number of nitrogens with zero attached hydrogens (tertiary/aromatic N) is 3. The molecular formula is C21H25F2N5O2S. The van der Waals surface area contributed by atoms with Gasteiger partial charge in [0.05, 0.1) is 17.4 Å². The predicted octanol–water partition coefficient (Wildman–Crippen LogP) is 3.23. The second kappa shape index (κ2) is 11.0. The van der Waals surface area contributed by atoms with Crippen molar-refractivity contribution >= 4 is 35.1 Å². The number of halogens is 2. The number of benzene rings is 1. The van der Waals surface area contributed by atoms with Crippen LogP contribution in [0.1, 0.15) is 26.2 Å². The number of amides is 2. The maximum atomic E-state index is 13.6. The molecule has 0 bridgehead atoms. The number of hydrogen-bond donors (Lipinski definition) is 2. The molecule has 2 aromatic rings. The fraction of sp³-hybridized carbons (Fsp3) is 0.429. The number of nitrogens with one attached hydrogen (secondary N) is 2. The predicted molar refractivity (Wildman–Crippen MR) is 116 cm³/mol. The molecule has 3 rings (SSSR count). The molecule has 2 amide bonds. The highest BCUT2D eigenvalue weighted by atomic mass is 32.2. The third-order valence-electron chi connectivity index (χ3n) is 4.85. The molecule has 1 aliphatic heterocycles. The summed E-state index contributed by atoms with van der Waals surface area (Å²) in [5.41, 5.74) is -0.0731. The van der Waals surface area contributed by atoms with Gasteiger partial charge < -0.3 is 15.5 Å². The highest BCUT2D eigenvalue weighted by Crippen LogP contribution is 2.23. The Hall–Kier alpha value is -2.75.